The van der Waals surface area contributed by atoms with E-state index in [0.29, 0.717) is 0 Å². The summed E-state index contributed by atoms with van der Waals surface area (Å²) in [5.41, 5.74) is 11.9. The van der Waals surface area contributed by atoms with Gasteiger partial charge in [0.1, 0.15) is 0 Å². The van der Waals surface area contributed by atoms with Crippen LogP contribution in [0.15, 0.2) is 174 Å². The quantitative estimate of drug-likeness (QED) is 0.153. The van der Waals surface area contributed by atoms with Crippen LogP contribution in [0.5, 0.6) is 0 Å². The Morgan fingerprint density at radius 1 is 0.391 bits per heavy atom. The SMILES string of the molecule is C1=Cc2cccc(N(c3ccccc3)c3ccc(-c4ccc(N(c5ccccc5)c5cccc6ccccc56)cc4)cc3)c2C=I1. The number of para-hydroxylation sites is 2. The maximum atomic E-state index is 2.44. The molecule has 1 aliphatic heterocycles. The van der Waals surface area contributed by atoms with Crippen LogP contribution in [0, 0.1) is 0 Å². The van der Waals surface area contributed by atoms with Crippen LogP contribution in [0.25, 0.3) is 28.0 Å². The van der Waals surface area contributed by atoms with E-state index >= 15 is 0 Å². The van der Waals surface area contributed by atoms with E-state index in [1.807, 2.05) is 0 Å². The lowest BCUT2D eigenvalue weighted by Crippen LogP contribution is -2.12. The van der Waals surface area contributed by atoms with Crippen LogP contribution in [0.4, 0.5) is 34.1 Å². The second-order valence-electron chi connectivity index (χ2n) is 11.2. The maximum Gasteiger partial charge on any atom is 0.0544 e. The summed E-state index contributed by atoms with van der Waals surface area (Å²) < 4.78 is 4.77. The molecule has 2 nitrogen and oxygen atoms in total. The number of nitrogens with zero attached hydrogens (tertiary/aromatic N) is 2. The summed E-state index contributed by atoms with van der Waals surface area (Å²) >= 11 is -0.0760. The number of benzene rings is 7. The molecule has 8 rings (SSSR count). The Labute approximate surface area is 280 Å². The van der Waals surface area contributed by atoms with E-state index in [1.165, 1.54) is 44.4 Å². The van der Waals surface area contributed by atoms with E-state index in [-0.39, 0.29) is 20.7 Å². The van der Waals surface area contributed by atoms with Crippen molar-refractivity contribution in [3.63, 3.8) is 0 Å². The first-order chi connectivity index (χ1) is 22.8. The fourth-order valence-corrected chi connectivity index (χ4v) is 8.09. The van der Waals surface area contributed by atoms with Gasteiger partial charge in [-0.2, -0.15) is 0 Å². The topological polar surface area (TPSA) is 6.48 Å². The number of hydrogen-bond donors (Lipinski definition) is 0. The van der Waals surface area contributed by atoms with Gasteiger partial charge in [0.15, 0.2) is 0 Å². The summed E-state index contributed by atoms with van der Waals surface area (Å²) in [5, 5.41) is 2.46. The molecule has 0 N–H and O–H groups in total. The van der Waals surface area contributed by atoms with Gasteiger partial charge in [-0.25, -0.2) is 0 Å². The molecule has 1 aliphatic rings. The molecule has 0 atom stereocenters. The minimum atomic E-state index is -0.0760. The lowest BCUT2D eigenvalue weighted by molar-refractivity contribution is 1.28. The van der Waals surface area contributed by atoms with E-state index in [1.54, 1.807) is 0 Å². The van der Waals surface area contributed by atoms with E-state index in [0.717, 1.165) is 22.7 Å². The Kier molecular flexibility index (Phi) is 7.75. The minimum absolute atomic E-state index is 0.0760. The molecule has 0 aliphatic carbocycles. The van der Waals surface area contributed by atoms with E-state index in [9.17, 15) is 0 Å². The highest BCUT2D eigenvalue weighted by molar-refractivity contribution is 14.2. The number of rotatable bonds is 7. The van der Waals surface area contributed by atoms with Gasteiger partial charge in [-0.15, -0.1) is 0 Å². The largest absolute Gasteiger partial charge is 0.310 e. The fourth-order valence-electron chi connectivity index (χ4n) is 6.25. The molecule has 0 saturated heterocycles. The summed E-state index contributed by atoms with van der Waals surface area (Å²) in [6, 6.07) is 61.0. The minimum Gasteiger partial charge on any atom is -0.310 e. The highest BCUT2D eigenvalue weighted by Gasteiger charge is 2.18. The number of fused-ring (bicyclic) bond motifs is 2. The van der Waals surface area contributed by atoms with Gasteiger partial charge in [0.25, 0.3) is 0 Å². The molecule has 0 fully saturated rings. The molecule has 0 spiro atoms. The van der Waals surface area contributed by atoms with E-state index < -0.39 is 0 Å². The van der Waals surface area contributed by atoms with Gasteiger partial charge in [-0.05, 0) is 96.9 Å². The van der Waals surface area contributed by atoms with Crippen LogP contribution >= 0.6 is 20.7 Å². The Balaban J connectivity index is 1.15. The van der Waals surface area contributed by atoms with Crippen LogP contribution in [0.2, 0.25) is 0 Å². The Bertz CT molecular complexity index is 2180. The molecule has 0 bridgehead atoms. The third-order valence-corrected chi connectivity index (χ3v) is 10.2. The monoisotopic (exact) mass is 702 g/mol. The van der Waals surface area contributed by atoms with Crippen molar-refractivity contribution in [2.75, 3.05) is 9.80 Å². The van der Waals surface area contributed by atoms with Gasteiger partial charge < -0.3 is 9.80 Å². The van der Waals surface area contributed by atoms with Crippen molar-refractivity contribution in [3.8, 4) is 11.1 Å². The average molecular weight is 703 g/mol. The second-order valence-corrected chi connectivity index (χ2v) is 13.3. The molecule has 3 heteroatoms. The highest BCUT2D eigenvalue weighted by Crippen LogP contribution is 2.41. The first-order valence-electron chi connectivity index (χ1n) is 15.5. The van der Waals surface area contributed by atoms with E-state index in [2.05, 4.69) is 194 Å². The van der Waals surface area contributed by atoms with Crippen molar-refractivity contribution >= 4 is 75.7 Å². The van der Waals surface area contributed by atoms with Gasteiger partial charge in [-0.1, -0.05) is 130 Å². The van der Waals surface area contributed by atoms with Gasteiger partial charge in [0.2, 0.25) is 0 Å². The van der Waals surface area contributed by atoms with Gasteiger partial charge in [0.05, 0.1) is 11.4 Å². The van der Waals surface area contributed by atoms with Crippen LogP contribution in [-0.2, 0) is 0 Å². The zero-order chi connectivity index (χ0) is 30.7. The van der Waals surface area contributed by atoms with E-state index in [4.69, 9.17) is 0 Å². The Morgan fingerprint density at radius 3 is 1.54 bits per heavy atom. The molecule has 0 amide bonds. The number of halogens is 1. The van der Waals surface area contributed by atoms with Crippen molar-refractivity contribution < 1.29 is 0 Å². The lowest BCUT2D eigenvalue weighted by atomic mass is 10.0. The lowest BCUT2D eigenvalue weighted by Gasteiger charge is -2.28. The van der Waals surface area contributed by atoms with Gasteiger partial charge in [0, 0.05) is 33.7 Å². The molecule has 7 aromatic carbocycles. The van der Waals surface area contributed by atoms with Crippen LogP contribution < -0.4 is 9.80 Å². The maximum absolute atomic E-state index is 2.44. The standard InChI is InChI=1S/C43H31IN2/c1-3-14-36(15-4-1)45(42-19-9-12-34-11-7-8-18-40(34)42)38-25-21-32(22-26-38)33-23-27-39(28-24-33)46(37-16-5-2-6-17-37)43-20-10-13-35-29-30-44-31-41(35)43/h1-31H. The number of anilines is 6. The molecule has 0 saturated carbocycles. The first-order valence-corrected chi connectivity index (χ1v) is 18.0. The molecule has 0 unspecified atom stereocenters. The Morgan fingerprint density at radius 2 is 0.891 bits per heavy atom. The van der Waals surface area contributed by atoms with Crippen molar-refractivity contribution in [3.05, 3.63) is 185 Å². The zero-order valence-corrected chi connectivity index (χ0v) is 27.3. The zero-order valence-electron chi connectivity index (χ0n) is 25.2. The smallest absolute Gasteiger partial charge is 0.0544 e. The van der Waals surface area contributed by atoms with Crippen molar-refractivity contribution in [1.82, 2.24) is 0 Å². The summed E-state index contributed by atoms with van der Waals surface area (Å²) in [6.07, 6.45) is 2.28. The number of hydrogen-bond acceptors (Lipinski definition) is 2. The van der Waals surface area contributed by atoms with Crippen molar-refractivity contribution in [2.45, 2.75) is 0 Å². The summed E-state index contributed by atoms with van der Waals surface area (Å²) in [7, 11) is 0. The third kappa shape index (κ3) is 5.44. The van der Waals surface area contributed by atoms with Crippen LogP contribution in [0.3, 0.4) is 0 Å². The first kappa shape index (κ1) is 28.2. The predicted octanol–water partition coefficient (Wildman–Crippen LogP) is 12.6. The summed E-state index contributed by atoms with van der Waals surface area (Å²) in [4.78, 5) is 4.73. The molecule has 220 valence electrons. The molecule has 0 aromatic heterocycles. The van der Waals surface area contributed by atoms with Crippen LogP contribution in [-0.4, -0.2) is 4.01 Å². The normalized spacial score (nSPS) is 11.9. The third-order valence-electron chi connectivity index (χ3n) is 8.47. The second kappa shape index (κ2) is 12.6. The average Bonchev–Trinajstić information content (AvgIpc) is 3.14. The molecule has 7 aromatic rings. The van der Waals surface area contributed by atoms with Crippen molar-refractivity contribution in [2.24, 2.45) is 0 Å². The summed E-state index contributed by atoms with van der Waals surface area (Å²) in [5.74, 6) is 0. The van der Waals surface area contributed by atoms with Gasteiger partial charge in [-0.3, -0.25) is 0 Å². The molecular weight excluding hydrogens is 671 g/mol. The predicted molar refractivity (Wildman–Crippen MR) is 207 cm³/mol. The Hall–Kier alpha value is -5.26. The van der Waals surface area contributed by atoms with Gasteiger partial charge >= 0.3 is 0 Å². The molecular formula is C43H31IN2. The highest BCUT2D eigenvalue weighted by atomic mass is 127. The fraction of sp³-hybridized carbons (Fsp3) is 0. The van der Waals surface area contributed by atoms with Crippen LogP contribution in [0.1, 0.15) is 11.1 Å². The van der Waals surface area contributed by atoms with Crippen molar-refractivity contribution in [1.29, 1.82) is 0 Å². The molecule has 1 heterocycles. The molecule has 0 radical (unpaired) electrons. The summed E-state index contributed by atoms with van der Waals surface area (Å²) in [6.45, 7) is 0. The molecule has 46 heavy (non-hydrogen) atoms.